The Morgan fingerprint density at radius 2 is 1.91 bits per heavy atom. The Morgan fingerprint density at radius 1 is 1.18 bits per heavy atom. The fourth-order valence-corrected chi connectivity index (χ4v) is 5.17. The van der Waals surface area contributed by atoms with Crippen LogP contribution in [0.3, 0.4) is 0 Å². The molecule has 1 aromatic carbocycles. The van der Waals surface area contributed by atoms with Gasteiger partial charge in [0.1, 0.15) is 23.5 Å². The van der Waals surface area contributed by atoms with Crippen LogP contribution in [0.4, 0.5) is 13.2 Å². The first-order chi connectivity index (χ1) is 15.7. The number of rotatable bonds is 6. The molecule has 9 heteroatoms. The van der Waals surface area contributed by atoms with E-state index in [1.807, 2.05) is 4.90 Å². The van der Waals surface area contributed by atoms with Crippen LogP contribution in [-0.2, 0) is 4.79 Å². The molecule has 3 aliphatic rings. The predicted molar refractivity (Wildman–Crippen MR) is 116 cm³/mol. The van der Waals surface area contributed by atoms with Gasteiger partial charge in [-0.2, -0.15) is 0 Å². The van der Waals surface area contributed by atoms with Crippen LogP contribution in [0.15, 0.2) is 41.3 Å². The van der Waals surface area contributed by atoms with Crippen molar-refractivity contribution in [3.63, 3.8) is 0 Å². The van der Waals surface area contributed by atoms with Crippen LogP contribution in [-0.4, -0.2) is 33.4 Å². The molecule has 0 radical (unpaired) electrons. The minimum Gasteiger partial charge on any atom is -0.346 e. The number of hydrogen-bond donors (Lipinski definition) is 2. The average Bonchev–Trinajstić information content (AvgIpc) is 2.66. The highest BCUT2D eigenvalue weighted by Crippen LogP contribution is 2.61. The zero-order valence-corrected chi connectivity index (χ0v) is 18.2. The number of H-pyrrole nitrogens is 1. The summed E-state index contributed by atoms with van der Waals surface area (Å²) in [6, 6.07) is 4.42. The lowest BCUT2D eigenvalue weighted by molar-refractivity contribution is -0.162. The topological polar surface area (TPSA) is 78.1 Å². The van der Waals surface area contributed by atoms with Crippen LogP contribution in [0.2, 0.25) is 0 Å². The second kappa shape index (κ2) is 7.69. The Bertz CT molecular complexity index is 1310. The molecule has 0 saturated heterocycles. The molecule has 2 atom stereocenters. The monoisotopic (exact) mass is 456 g/mol. The maximum Gasteiger partial charge on any atom is 0.253 e. The van der Waals surface area contributed by atoms with Crippen molar-refractivity contribution in [2.45, 2.75) is 43.8 Å². The number of hydrogen-bond acceptors (Lipinski definition) is 4. The van der Waals surface area contributed by atoms with Crippen molar-refractivity contribution in [3.8, 4) is 0 Å². The molecule has 3 aromatic rings. The lowest BCUT2D eigenvalue weighted by Crippen LogP contribution is -2.69. The average molecular weight is 456 g/mol. The molecule has 33 heavy (non-hydrogen) atoms. The molecule has 172 valence electrons. The van der Waals surface area contributed by atoms with Gasteiger partial charge >= 0.3 is 0 Å². The van der Waals surface area contributed by atoms with Gasteiger partial charge in [0.25, 0.3) is 5.56 Å². The third-order valence-corrected chi connectivity index (χ3v) is 7.12. The summed E-state index contributed by atoms with van der Waals surface area (Å²) in [5.41, 5.74) is -0.0860. The van der Waals surface area contributed by atoms with E-state index in [0.717, 1.165) is 25.5 Å². The molecule has 2 bridgehead atoms. The smallest absolute Gasteiger partial charge is 0.253 e. The summed E-state index contributed by atoms with van der Waals surface area (Å²) in [4.78, 5) is 34.9. The number of nitrogens with zero attached hydrogens (tertiary/aromatic N) is 2. The molecule has 6 rings (SSSR count). The van der Waals surface area contributed by atoms with E-state index < -0.39 is 41.0 Å². The summed E-state index contributed by atoms with van der Waals surface area (Å²) in [6.07, 6.45) is 3.71. The molecule has 2 N–H and O–H groups in total. The number of carbonyl (C=O) groups is 1. The first kappa shape index (κ1) is 21.6. The van der Waals surface area contributed by atoms with Crippen molar-refractivity contribution in [1.82, 2.24) is 20.2 Å². The van der Waals surface area contributed by atoms with Crippen molar-refractivity contribution >= 4 is 16.8 Å². The molecule has 3 aliphatic carbocycles. The van der Waals surface area contributed by atoms with Crippen LogP contribution < -0.4 is 10.9 Å². The molecule has 1 amide bonds. The quantitative estimate of drug-likeness (QED) is 0.593. The summed E-state index contributed by atoms with van der Waals surface area (Å²) in [5.74, 6) is -2.02. The molecule has 0 aliphatic heterocycles. The first-order valence-corrected chi connectivity index (χ1v) is 10.8. The molecule has 0 unspecified atom stereocenters. The van der Waals surface area contributed by atoms with Crippen molar-refractivity contribution in [1.29, 1.82) is 0 Å². The zero-order chi connectivity index (χ0) is 23.5. The Hall–Kier alpha value is -3.20. The predicted octanol–water partition coefficient (Wildman–Crippen LogP) is 3.74. The van der Waals surface area contributed by atoms with Crippen LogP contribution >= 0.6 is 0 Å². The van der Waals surface area contributed by atoms with Gasteiger partial charge in [0, 0.05) is 28.1 Å². The summed E-state index contributed by atoms with van der Waals surface area (Å²) < 4.78 is 41.3. The maximum atomic E-state index is 14.2. The van der Waals surface area contributed by atoms with E-state index in [9.17, 15) is 22.8 Å². The summed E-state index contributed by atoms with van der Waals surface area (Å²) in [6.45, 7) is 1.54. The van der Waals surface area contributed by atoms with Gasteiger partial charge in [-0.15, -0.1) is 0 Å². The van der Waals surface area contributed by atoms with Gasteiger partial charge in [0.05, 0.1) is 17.9 Å². The van der Waals surface area contributed by atoms with Gasteiger partial charge < -0.3 is 10.3 Å². The van der Waals surface area contributed by atoms with Gasteiger partial charge in [-0.1, -0.05) is 0 Å². The van der Waals surface area contributed by atoms with E-state index in [0.29, 0.717) is 22.9 Å². The van der Waals surface area contributed by atoms with Crippen LogP contribution in [0, 0.1) is 23.4 Å². The lowest BCUT2D eigenvalue weighted by atomic mass is 9.49. The van der Waals surface area contributed by atoms with Gasteiger partial charge in [-0.25, -0.2) is 13.2 Å². The number of aromatic amines is 1. The normalized spacial score (nSPS) is 23.0. The van der Waals surface area contributed by atoms with Gasteiger partial charge in [-0.3, -0.25) is 19.5 Å². The summed E-state index contributed by atoms with van der Waals surface area (Å²) in [5, 5.41) is 3.19. The van der Waals surface area contributed by atoms with E-state index in [4.69, 9.17) is 0 Å². The molecular weight excluding hydrogens is 433 g/mol. The van der Waals surface area contributed by atoms with E-state index >= 15 is 0 Å². The van der Waals surface area contributed by atoms with E-state index in [2.05, 4.69) is 15.3 Å². The summed E-state index contributed by atoms with van der Waals surface area (Å²) in [7, 11) is 1.80. The molecule has 2 heterocycles. The highest BCUT2D eigenvalue weighted by Gasteiger charge is 2.60. The molecular formula is C24H23F3N4O2. The molecule has 2 aromatic heterocycles. The number of benzene rings is 1. The minimum absolute atomic E-state index is 0.105. The zero-order valence-electron chi connectivity index (χ0n) is 18.2. The van der Waals surface area contributed by atoms with Gasteiger partial charge in [0.15, 0.2) is 0 Å². The van der Waals surface area contributed by atoms with E-state index in [1.54, 1.807) is 14.0 Å². The second-order valence-electron chi connectivity index (χ2n) is 9.25. The van der Waals surface area contributed by atoms with Crippen LogP contribution in [0.5, 0.6) is 0 Å². The Balaban J connectivity index is 1.52. The Labute approximate surface area is 187 Å². The van der Waals surface area contributed by atoms with Gasteiger partial charge in [-0.05, 0) is 63.4 Å². The van der Waals surface area contributed by atoms with Gasteiger partial charge in [0.2, 0.25) is 5.91 Å². The fourth-order valence-electron chi connectivity index (χ4n) is 5.17. The second-order valence-corrected chi connectivity index (χ2v) is 9.25. The van der Waals surface area contributed by atoms with Crippen LogP contribution in [0.1, 0.15) is 49.5 Å². The van der Waals surface area contributed by atoms with Crippen molar-refractivity contribution in [2.24, 2.45) is 5.92 Å². The number of amides is 1. The van der Waals surface area contributed by atoms with E-state index in [1.165, 1.54) is 24.3 Å². The molecule has 3 saturated carbocycles. The third kappa shape index (κ3) is 3.60. The largest absolute Gasteiger partial charge is 0.346 e. The highest BCUT2D eigenvalue weighted by atomic mass is 19.1. The van der Waals surface area contributed by atoms with Crippen molar-refractivity contribution in [2.75, 3.05) is 7.05 Å². The minimum atomic E-state index is -0.978. The fraction of sp³-hybridized carbons (Fsp3) is 0.375. The first-order valence-electron chi connectivity index (χ1n) is 10.8. The summed E-state index contributed by atoms with van der Waals surface area (Å²) >= 11 is 0. The number of pyridine rings is 2. The Morgan fingerprint density at radius 3 is 2.55 bits per heavy atom. The maximum absolute atomic E-state index is 14.2. The van der Waals surface area contributed by atoms with Crippen molar-refractivity contribution < 1.29 is 18.0 Å². The third-order valence-electron chi connectivity index (χ3n) is 7.12. The SMILES string of the molecule is C[C@H](NC(=O)[C@H](c1cc2cc(F)ccc2[nH]c1=O)N(C)C12CC(C1)C2)c1ncc(F)cc1F. The Kier molecular flexibility index (Phi) is 5.04. The number of carbonyl (C=O) groups excluding carboxylic acids is 1. The van der Waals surface area contributed by atoms with Crippen molar-refractivity contribution in [3.05, 3.63) is 75.6 Å². The highest BCUT2D eigenvalue weighted by molar-refractivity contribution is 5.86. The number of nitrogens with one attached hydrogen (secondary N) is 2. The number of likely N-dealkylation sites (N-methyl/N-ethyl adjacent to an activating group) is 1. The van der Waals surface area contributed by atoms with Crippen LogP contribution in [0.25, 0.3) is 10.9 Å². The molecule has 0 spiro atoms. The van der Waals surface area contributed by atoms with E-state index in [-0.39, 0.29) is 16.8 Å². The molecule has 3 fully saturated rings. The number of aromatic nitrogens is 2. The standard InChI is InChI=1S/C24H23F3N4O2/c1-12(20-18(27)7-16(26)11-28-20)29-23(33)21(31(2)24-8-13(9-24)10-24)17-6-14-5-15(25)3-4-19(14)30-22(17)32/h3-7,11-13,21H,8-10H2,1-2H3,(H,29,33)(H,30,32)/t12-,13?,21-,24?/m0/s1. The number of halogens is 3. The molecule has 6 nitrogen and oxygen atoms in total. The lowest BCUT2D eigenvalue weighted by Gasteiger charge is -2.67. The number of fused-ring (bicyclic) bond motifs is 1.